The summed E-state index contributed by atoms with van der Waals surface area (Å²) in [5.74, 6) is 0.335. The molecule has 0 radical (unpaired) electrons. The van der Waals surface area contributed by atoms with E-state index < -0.39 is 10.0 Å². The van der Waals surface area contributed by atoms with E-state index in [4.69, 9.17) is 5.26 Å². The molecule has 1 aromatic carbocycles. The van der Waals surface area contributed by atoms with Crippen molar-refractivity contribution < 1.29 is 13.2 Å². The molecule has 1 aliphatic heterocycles. The summed E-state index contributed by atoms with van der Waals surface area (Å²) in [7, 11) is -1.87. The van der Waals surface area contributed by atoms with Crippen molar-refractivity contribution in [3.8, 4) is 6.07 Å². The molecule has 0 atom stereocenters. The minimum atomic E-state index is -3.50. The van der Waals surface area contributed by atoms with Crippen molar-refractivity contribution >= 4 is 15.9 Å². The maximum Gasteiger partial charge on any atom is 0.253 e. The van der Waals surface area contributed by atoms with Crippen molar-refractivity contribution in [2.24, 2.45) is 5.92 Å². The van der Waals surface area contributed by atoms with Gasteiger partial charge in [0, 0.05) is 32.2 Å². The number of piperidine rings is 1. The first-order valence-electron chi connectivity index (χ1n) is 8.09. The van der Waals surface area contributed by atoms with Crippen LogP contribution in [-0.4, -0.2) is 50.2 Å². The summed E-state index contributed by atoms with van der Waals surface area (Å²) >= 11 is 0. The lowest BCUT2D eigenvalue weighted by Crippen LogP contribution is -2.37. The topological polar surface area (TPSA) is 81.5 Å². The number of hydrogen-bond acceptors (Lipinski definition) is 4. The smallest absolute Gasteiger partial charge is 0.253 e. The fourth-order valence-corrected chi connectivity index (χ4v) is 4.15. The standard InChI is InChI=1S/C17H23N3O3S/c1-14-8-12-20(13-9-14)24(22,23)16-6-4-15(5-7-16)17(21)19(2)11-3-10-18/h4-7,14H,3,8-9,11-13H2,1-2H3. The van der Waals surface area contributed by atoms with Crippen LogP contribution < -0.4 is 0 Å². The lowest BCUT2D eigenvalue weighted by molar-refractivity contribution is 0.0798. The van der Waals surface area contributed by atoms with Gasteiger partial charge in [0.2, 0.25) is 10.0 Å². The van der Waals surface area contributed by atoms with Gasteiger partial charge < -0.3 is 4.90 Å². The van der Waals surface area contributed by atoms with Crippen molar-refractivity contribution in [2.45, 2.75) is 31.1 Å². The summed E-state index contributed by atoms with van der Waals surface area (Å²) in [4.78, 5) is 13.9. The molecule has 6 nitrogen and oxygen atoms in total. The Morgan fingerprint density at radius 1 is 1.29 bits per heavy atom. The lowest BCUT2D eigenvalue weighted by Gasteiger charge is -2.29. The van der Waals surface area contributed by atoms with Gasteiger partial charge in [-0.25, -0.2) is 8.42 Å². The molecule has 1 aromatic rings. The van der Waals surface area contributed by atoms with Crippen LogP contribution in [0.5, 0.6) is 0 Å². The summed E-state index contributed by atoms with van der Waals surface area (Å²) in [5.41, 5.74) is 0.418. The quantitative estimate of drug-likeness (QED) is 0.815. The fourth-order valence-electron chi connectivity index (χ4n) is 2.68. The summed E-state index contributed by atoms with van der Waals surface area (Å²) in [5, 5.41) is 8.57. The average Bonchev–Trinajstić information content (AvgIpc) is 2.59. The Morgan fingerprint density at radius 2 is 1.88 bits per heavy atom. The van der Waals surface area contributed by atoms with E-state index in [9.17, 15) is 13.2 Å². The summed E-state index contributed by atoms with van der Waals surface area (Å²) in [6.45, 7) is 3.57. The monoisotopic (exact) mass is 349 g/mol. The van der Waals surface area contributed by atoms with E-state index in [2.05, 4.69) is 6.92 Å². The Hall–Kier alpha value is -1.91. The zero-order valence-corrected chi connectivity index (χ0v) is 14.9. The molecular formula is C17H23N3O3S. The van der Waals surface area contributed by atoms with Crippen LogP contribution in [0.25, 0.3) is 0 Å². The average molecular weight is 349 g/mol. The van der Waals surface area contributed by atoms with Gasteiger partial charge in [-0.05, 0) is 43.0 Å². The van der Waals surface area contributed by atoms with Gasteiger partial charge in [0.05, 0.1) is 17.4 Å². The molecule has 1 aliphatic rings. The van der Waals surface area contributed by atoms with Crippen LogP contribution >= 0.6 is 0 Å². The minimum Gasteiger partial charge on any atom is -0.341 e. The minimum absolute atomic E-state index is 0.216. The maximum atomic E-state index is 12.6. The Morgan fingerprint density at radius 3 is 2.42 bits per heavy atom. The van der Waals surface area contributed by atoms with E-state index in [-0.39, 0.29) is 17.2 Å². The van der Waals surface area contributed by atoms with Crippen molar-refractivity contribution in [3.63, 3.8) is 0 Å². The van der Waals surface area contributed by atoms with Crippen LogP contribution in [0.3, 0.4) is 0 Å². The molecule has 0 spiro atoms. The van der Waals surface area contributed by atoms with Gasteiger partial charge in [0.25, 0.3) is 5.91 Å². The van der Waals surface area contributed by atoms with Crippen molar-refractivity contribution in [1.82, 2.24) is 9.21 Å². The predicted octanol–water partition coefficient (Wildman–Crippen LogP) is 2.09. The molecule has 1 heterocycles. The highest BCUT2D eigenvalue weighted by atomic mass is 32.2. The van der Waals surface area contributed by atoms with Gasteiger partial charge in [0.1, 0.15) is 0 Å². The number of nitrogens with zero attached hydrogens (tertiary/aromatic N) is 3. The third-order valence-electron chi connectivity index (χ3n) is 4.39. The second-order valence-corrected chi connectivity index (χ2v) is 8.18. The first-order chi connectivity index (χ1) is 11.4. The Bertz CT molecular complexity index is 714. The van der Waals surface area contributed by atoms with Crippen LogP contribution in [0.15, 0.2) is 29.2 Å². The van der Waals surface area contributed by atoms with Gasteiger partial charge in [-0.2, -0.15) is 9.57 Å². The normalized spacial score (nSPS) is 16.5. The SMILES string of the molecule is CC1CCN(S(=O)(=O)c2ccc(C(=O)N(C)CCC#N)cc2)CC1. The number of nitriles is 1. The zero-order chi connectivity index (χ0) is 17.7. The highest BCUT2D eigenvalue weighted by Gasteiger charge is 2.28. The molecule has 1 amide bonds. The first-order valence-corrected chi connectivity index (χ1v) is 9.53. The third kappa shape index (κ3) is 4.13. The number of hydrogen-bond donors (Lipinski definition) is 0. The molecule has 0 bridgehead atoms. The van der Waals surface area contributed by atoms with Crippen LogP contribution in [0.4, 0.5) is 0 Å². The van der Waals surface area contributed by atoms with Gasteiger partial charge >= 0.3 is 0 Å². The highest BCUT2D eigenvalue weighted by molar-refractivity contribution is 7.89. The van der Waals surface area contributed by atoms with Crippen LogP contribution in [0.1, 0.15) is 36.5 Å². The third-order valence-corrected chi connectivity index (χ3v) is 6.30. The molecule has 24 heavy (non-hydrogen) atoms. The molecule has 130 valence electrons. The van der Waals surface area contributed by atoms with Crippen molar-refractivity contribution in [3.05, 3.63) is 29.8 Å². The molecule has 0 aliphatic carbocycles. The predicted molar refractivity (Wildman–Crippen MR) is 90.8 cm³/mol. The van der Waals surface area contributed by atoms with E-state index in [1.807, 2.05) is 6.07 Å². The van der Waals surface area contributed by atoms with Crippen LogP contribution in [0.2, 0.25) is 0 Å². The Labute approximate surface area is 143 Å². The zero-order valence-electron chi connectivity index (χ0n) is 14.1. The van der Waals surface area contributed by atoms with E-state index in [1.54, 1.807) is 7.05 Å². The number of benzene rings is 1. The summed E-state index contributed by atoms with van der Waals surface area (Å²) < 4.78 is 26.8. The molecule has 1 fully saturated rings. The largest absolute Gasteiger partial charge is 0.341 e. The second-order valence-electron chi connectivity index (χ2n) is 6.25. The van der Waals surface area contributed by atoms with E-state index in [0.29, 0.717) is 31.1 Å². The van der Waals surface area contributed by atoms with Gasteiger partial charge in [0.15, 0.2) is 0 Å². The Balaban J connectivity index is 2.11. The van der Waals surface area contributed by atoms with Gasteiger partial charge in [-0.15, -0.1) is 0 Å². The number of carbonyl (C=O) groups is 1. The van der Waals surface area contributed by atoms with E-state index in [0.717, 1.165) is 12.8 Å². The molecule has 0 N–H and O–H groups in total. The summed E-state index contributed by atoms with van der Waals surface area (Å²) in [6, 6.07) is 8.03. The van der Waals surface area contributed by atoms with E-state index in [1.165, 1.54) is 33.5 Å². The highest BCUT2D eigenvalue weighted by Crippen LogP contribution is 2.23. The molecule has 0 unspecified atom stereocenters. The van der Waals surface area contributed by atoms with Gasteiger partial charge in [-0.3, -0.25) is 4.79 Å². The van der Waals surface area contributed by atoms with Crippen molar-refractivity contribution in [2.75, 3.05) is 26.7 Å². The molecule has 0 saturated carbocycles. The maximum absolute atomic E-state index is 12.6. The van der Waals surface area contributed by atoms with Gasteiger partial charge in [-0.1, -0.05) is 6.92 Å². The number of carbonyl (C=O) groups excluding carboxylic acids is 1. The number of rotatable bonds is 5. The number of amides is 1. The fraction of sp³-hybridized carbons (Fsp3) is 0.529. The Kier molecular flexibility index (Phi) is 5.97. The van der Waals surface area contributed by atoms with Crippen LogP contribution in [-0.2, 0) is 10.0 Å². The molecular weight excluding hydrogens is 326 g/mol. The molecule has 0 aromatic heterocycles. The van der Waals surface area contributed by atoms with Crippen LogP contribution in [0, 0.1) is 17.2 Å². The molecule has 2 rings (SSSR count). The second kappa shape index (κ2) is 7.77. The molecule has 1 saturated heterocycles. The molecule has 7 heteroatoms. The van der Waals surface area contributed by atoms with E-state index >= 15 is 0 Å². The summed E-state index contributed by atoms with van der Waals surface area (Å²) in [6.07, 6.45) is 2.01. The van der Waals surface area contributed by atoms with Crippen molar-refractivity contribution in [1.29, 1.82) is 5.26 Å². The first kappa shape index (κ1) is 18.4. The lowest BCUT2D eigenvalue weighted by atomic mass is 10.0. The number of sulfonamides is 1.